The maximum absolute atomic E-state index is 13.2. The summed E-state index contributed by atoms with van der Waals surface area (Å²) in [4.78, 5) is 27.6. The molecule has 2 aromatic carbocycles. The SMILES string of the molecule is Cc1cc(C)cc(CSCC(=O)N(Cc2ccc(Cl)cc2Cl)[C@H](C)C(=O)NC(C)(C)C)c1. The zero-order valence-corrected chi connectivity index (χ0v) is 21.9. The third kappa shape index (κ3) is 8.34. The molecule has 2 amide bonds. The minimum Gasteiger partial charge on any atom is -0.350 e. The van der Waals surface area contributed by atoms with Crippen LogP contribution in [-0.4, -0.2) is 34.0 Å². The van der Waals surface area contributed by atoms with E-state index in [1.165, 1.54) is 16.7 Å². The minimum absolute atomic E-state index is 0.109. The van der Waals surface area contributed by atoms with Gasteiger partial charge < -0.3 is 10.2 Å². The molecule has 2 aromatic rings. The van der Waals surface area contributed by atoms with Gasteiger partial charge in [0.1, 0.15) is 6.04 Å². The Morgan fingerprint density at radius 3 is 2.25 bits per heavy atom. The maximum atomic E-state index is 13.2. The van der Waals surface area contributed by atoms with Crippen molar-refractivity contribution in [3.8, 4) is 0 Å². The average molecular weight is 496 g/mol. The van der Waals surface area contributed by atoms with E-state index < -0.39 is 11.6 Å². The molecule has 0 radical (unpaired) electrons. The molecule has 4 nitrogen and oxygen atoms in total. The first-order chi connectivity index (χ1) is 14.9. The molecule has 0 heterocycles. The van der Waals surface area contributed by atoms with E-state index in [2.05, 4.69) is 37.4 Å². The van der Waals surface area contributed by atoms with Crippen LogP contribution in [0.3, 0.4) is 0 Å². The third-order valence-corrected chi connectivity index (χ3v) is 6.37. The lowest BCUT2D eigenvalue weighted by molar-refractivity contribution is -0.139. The second-order valence-corrected chi connectivity index (χ2v) is 11.0. The molecule has 0 aliphatic rings. The van der Waals surface area contributed by atoms with Gasteiger partial charge in [0.15, 0.2) is 0 Å². The van der Waals surface area contributed by atoms with Crippen molar-refractivity contribution in [1.29, 1.82) is 0 Å². The Hall–Kier alpha value is -1.69. The van der Waals surface area contributed by atoms with Crippen molar-refractivity contribution in [2.75, 3.05) is 5.75 Å². The average Bonchev–Trinajstić information content (AvgIpc) is 2.64. The molecule has 7 heteroatoms. The summed E-state index contributed by atoms with van der Waals surface area (Å²) in [5.41, 5.74) is 3.96. The van der Waals surface area contributed by atoms with Gasteiger partial charge in [-0.1, -0.05) is 58.6 Å². The topological polar surface area (TPSA) is 49.4 Å². The third-order valence-electron chi connectivity index (χ3n) is 4.80. The zero-order valence-electron chi connectivity index (χ0n) is 19.6. The van der Waals surface area contributed by atoms with Crippen LogP contribution in [0.15, 0.2) is 36.4 Å². The highest BCUT2D eigenvalue weighted by Crippen LogP contribution is 2.24. The van der Waals surface area contributed by atoms with Crippen LogP contribution in [0.1, 0.15) is 49.9 Å². The van der Waals surface area contributed by atoms with Gasteiger partial charge in [-0.05, 0) is 64.8 Å². The van der Waals surface area contributed by atoms with Crippen molar-refractivity contribution in [3.05, 3.63) is 68.7 Å². The van der Waals surface area contributed by atoms with Crippen LogP contribution in [0.25, 0.3) is 0 Å². The molecule has 2 rings (SSSR count). The van der Waals surface area contributed by atoms with Gasteiger partial charge in [0.25, 0.3) is 0 Å². The summed E-state index contributed by atoms with van der Waals surface area (Å²) in [5, 5.41) is 3.97. The summed E-state index contributed by atoms with van der Waals surface area (Å²) in [5.74, 6) is 0.690. The molecule has 174 valence electrons. The monoisotopic (exact) mass is 494 g/mol. The van der Waals surface area contributed by atoms with Crippen molar-refractivity contribution in [2.45, 2.75) is 65.4 Å². The number of nitrogens with zero attached hydrogens (tertiary/aromatic N) is 1. The highest BCUT2D eigenvalue weighted by Gasteiger charge is 2.28. The number of rotatable bonds is 8. The summed E-state index contributed by atoms with van der Waals surface area (Å²) in [6, 6.07) is 10.9. The van der Waals surface area contributed by atoms with Crippen molar-refractivity contribution in [1.82, 2.24) is 10.2 Å². The summed E-state index contributed by atoms with van der Waals surface area (Å²) in [7, 11) is 0. The predicted molar refractivity (Wildman–Crippen MR) is 136 cm³/mol. The molecule has 0 aliphatic heterocycles. The van der Waals surface area contributed by atoms with Crippen LogP contribution in [-0.2, 0) is 21.9 Å². The Labute approximate surface area is 206 Å². The number of carbonyl (C=O) groups is 2. The lowest BCUT2D eigenvalue weighted by Gasteiger charge is -2.31. The quantitative estimate of drug-likeness (QED) is 0.476. The number of halogens is 2. The van der Waals surface area contributed by atoms with E-state index >= 15 is 0 Å². The van der Waals surface area contributed by atoms with Gasteiger partial charge in [-0.2, -0.15) is 0 Å². The fourth-order valence-electron chi connectivity index (χ4n) is 3.38. The largest absolute Gasteiger partial charge is 0.350 e. The lowest BCUT2D eigenvalue weighted by Crippen LogP contribution is -2.52. The van der Waals surface area contributed by atoms with Crippen LogP contribution in [0.4, 0.5) is 0 Å². The molecule has 1 atom stereocenters. The van der Waals surface area contributed by atoms with Crippen LogP contribution in [0.2, 0.25) is 10.0 Å². The molecular formula is C25H32Cl2N2O2S. The van der Waals surface area contributed by atoms with E-state index in [9.17, 15) is 9.59 Å². The van der Waals surface area contributed by atoms with Gasteiger partial charge in [-0.15, -0.1) is 11.8 Å². The predicted octanol–water partition coefficient (Wildman–Crippen LogP) is 6.18. The van der Waals surface area contributed by atoms with Gasteiger partial charge in [-0.3, -0.25) is 9.59 Å². The van der Waals surface area contributed by atoms with E-state index in [0.717, 1.165) is 11.3 Å². The summed E-state index contributed by atoms with van der Waals surface area (Å²) < 4.78 is 0. The van der Waals surface area contributed by atoms with Crippen molar-refractivity contribution in [3.63, 3.8) is 0 Å². The lowest BCUT2D eigenvalue weighted by atomic mass is 10.1. The van der Waals surface area contributed by atoms with Gasteiger partial charge in [0.05, 0.1) is 5.75 Å². The standard InChI is InChI=1S/C25H32Cl2N2O2S/c1-16-9-17(2)11-19(10-16)14-32-15-23(30)29(18(3)24(31)28-25(4,5)6)13-20-7-8-21(26)12-22(20)27/h7-12,18H,13-15H2,1-6H3,(H,28,31)/t18-/m1/s1. The normalized spacial score (nSPS) is 12.4. The molecule has 0 spiro atoms. The van der Waals surface area contributed by atoms with Crippen LogP contribution < -0.4 is 5.32 Å². The molecule has 0 fully saturated rings. The first-order valence-electron chi connectivity index (χ1n) is 10.6. The van der Waals surface area contributed by atoms with Crippen molar-refractivity contribution in [2.24, 2.45) is 0 Å². The maximum Gasteiger partial charge on any atom is 0.242 e. The smallest absolute Gasteiger partial charge is 0.242 e. The molecule has 0 saturated carbocycles. The number of benzene rings is 2. The molecule has 1 N–H and O–H groups in total. The van der Waals surface area contributed by atoms with Crippen LogP contribution in [0, 0.1) is 13.8 Å². The van der Waals surface area contributed by atoms with Crippen LogP contribution in [0.5, 0.6) is 0 Å². The van der Waals surface area contributed by atoms with Gasteiger partial charge in [0, 0.05) is 27.9 Å². The van der Waals surface area contributed by atoms with Gasteiger partial charge in [0.2, 0.25) is 11.8 Å². The molecule has 0 aliphatic carbocycles. The Bertz CT molecular complexity index is 953. The Morgan fingerprint density at radius 1 is 1.06 bits per heavy atom. The molecule has 0 saturated heterocycles. The summed E-state index contributed by atoms with van der Waals surface area (Å²) >= 11 is 13.9. The first-order valence-corrected chi connectivity index (χ1v) is 12.5. The zero-order chi connectivity index (χ0) is 24.1. The Morgan fingerprint density at radius 2 is 1.69 bits per heavy atom. The number of hydrogen-bond acceptors (Lipinski definition) is 3. The van der Waals surface area contributed by atoms with E-state index in [0.29, 0.717) is 10.0 Å². The second-order valence-electron chi connectivity index (χ2n) is 9.16. The number of hydrogen-bond donors (Lipinski definition) is 1. The van der Waals surface area contributed by atoms with E-state index in [1.54, 1.807) is 41.8 Å². The van der Waals surface area contributed by atoms with E-state index in [-0.39, 0.29) is 24.1 Å². The van der Waals surface area contributed by atoms with Crippen molar-refractivity contribution < 1.29 is 9.59 Å². The second kappa shape index (κ2) is 11.4. The molecule has 0 bridgehead atoms. The number of nitrogens with one attached hydrogen (secondary N) is 1. The fraction of sp³-hybridized carbons (Fsp3) is 0.440. The Balaban J connectivity index is 2.16. The van der Waals surface area contributed by atoms with Crippen LogP contribution >= 0.6 is 35.0 Å². The molecular weight excluding hydrogens is 463 g/mol. The summed E-state index contributed by atoms with van der Waals surface area (Å²) in [6.45, 7) is 11.9. The van der Waals surface area contributed by atoms with Gasteiger partial charge in [-0.25, -0.2) is 0 Å². The fourth-order valence-corrected chi connectivity index (χ4v) is 4.69. The number of carbonyl (C=O) groups excluding carboxylic acids is 2. The molecule has 0 unspecified atom stereocenters. The minimum atomic E-state index is -0.643. The number of aryl methyl sites for hydroxylation is 2. The van der Waals surface area contributed by atoms with E-state index in [4.69, 9.17) is 23.2 Å². The highest BCUT2D eigenvalue weighted by molar-refractivity contribution is 7.99. The van der Waals surface area contributed by atoms with Crippen molar-refractivity contribution >= 4 is 46.8 Å². The number of thioether (sulfide) groups is 1. The highest BCUT2D eigenvalue weighted by atomic mass is 35.5. The number of amides is 2. The Kier molecular flexibility index (Phi) is 9.50. The van der Waals surface area contributed by atoms with Gasteiger partial charge >= 0.3 is 0 Å². The van der Waals surface area contributed by atoms with E-state index in [1.807, 2.05) is 20.8 Å². The summed E-state index contributed by atoms with van der Waals surface area (Å²) in [6.07, 6.45) is 0. The first kappa shape index (κ1) is 26.6. The molecule has 0 aromatic heterocycles. The molecule has 32 heavy (non-hydrogen) atoms.